The molecule has 0 heterocycles. The van der Waals surface area contributed by atoms with Gasteiger partial charge >= 0.3 is 0 Å². The second kappa shape index (κ2) is 3.30. The SMILES string of the molecule is CC1=CC(S)C(O)(C(C)(C)O)CC1. The third-order valence-electron chi connectivity index (χ3n) is 2.89. The Morgan fingerprint density at radius 2 is 2.15 bits per heavy atom. The van der Waals surface area contributed by atoms with E-state index in [2.05, 4.69) is 12.6 Å². The van der Waals surface area contributed by atoms with Crippen LogP contribution in [0.2, 0.25) is 0 Å². The van der Waals surface area contributed by atoms with Crippen LogP contribution in [0, 0.1) is 0 Å². The van der Waals surface area contributed by atoms with Crippen LogP contribution in [0.5, 0.6) is 0 Å². The van der Waals surface area contributed by atoms with Crippen LogP contribution in [0.15, 0.2) is 11.6 Å². The zero-order valence-corrected chi connectivity index (χ0v) is 9.30. The van der Waals surface area contributed by atoms with Crippen LogP contribution in [0.4, 0.5) is 0 Å². The van der Waals surface area contributed by atoms with Crippen LogP contribution < -0.4 is 0 Å². The lowest BCUT2D eigenvalue weighted by Gasteiger charge is -2.44. The van der Waals surface area contributed by atoms with E-state index < -0.39 is 11.2 Å². The summed E-state index contributed by atoms with van der Waals surface area (Å²) in [5.41, 5.74) is -0.972. The molecule has 76 valence electrons. The zero-order valence-electron chi connectivity index (χ0n) is 8.41. The molecule has 0 radical (unpaired) electrons. The van der Waals surface area contributed by atoms with E-state index in [1.807, 2.05) is 13.0 Å². The maximum atomic E-state index is 10.2. The van der Waals surface area contributed by atoms with E-state index in [0.717, 1.165) is 6.42 Å². The summed E-state index contributed by atoms with van der Waals surface area (Å²) in [6.07, 6.45) is 3.33. The maximum absolute atomic E-state index is 10.2. The number of hydrogen-bond donors (Lipinski definition) is 3. The smallest absolute Gasteiger partial charge is 0.108 e. The fourth-order valence-corrected chi connectivity index (χ4v) is 2.39. The molecule has 0 aromatic carbocycles. The second-order valence-corrected chi connectivity index (χ2v) is 5.00. The summed E-state index contributed by atoms with van der Waals surface area (Å²) in [6, 6.07) is 0. The first-order chi connectivity index (χ1) is 5.77. The molecule has 1 aliphatic rings. The highest BCUT2D eigenvalue weighted by Crippen LogP contribution is 2.38. The molecule has 1 aliphatic carbocycles. The first-order valence-electron chi connectivity index (χ1n) is 4.57. The lowest BCUT2D eigenvalue weighted by molar-refractivity contribution is -0.131. The molecule has 3 heteroatoms. The van der Waals surface area contributed by atoms with Crippen LogP contribution in [-0.2, 0) is 0 Å². The number of hydrogen-bond acceptors (Lipinski definition) is 3. The van der Waals surface area contributed by atoms with Crippen molar-refractivity contribution in [2.45, 2.75) is 50.1 Å². The topological polar surface area (TPSA) is 40.5 Å². The molecule has 0 saturated heterocycles. The molecule has 0 aromatic rings. The van der Waals surface area contributed by atoms with E-state index in [9.17, 15) is 10.2 Å². The molecule has 13 heavy (non-hydrogen) atoms. The lowest BCUT2D eigenvalue weighted by atomic mass is 9.75. The summed E-state index contributed by atoms with van der Waals surface area (Å²) in [5, 5.41) is 19.8. The van der Waals surface area contributed by atoms with E-state index in [1.165, 1.54) is 5.57 Å². The third kappa shape index (κ3) is 1.92. The molecule has 0 aromatic heterocycles. The highest BCUT2D eigenvalue weighted by atomic mass is 32.1. The Kier molecular flexibility index (Phi) is 2.81. The van der Waals surface area contributed by atoms with Gasteiger partial charge in [-0.05, 0) is 33.6 Å². The van der Waals surface area contributed by atoms with E-state index in [1.54, 1.807) is 13.8 Å². The Morgan fingerprint density at radius 1 is 1.62 bits per heavy atom. The van der Waals surface area contributed by atoms with E-state index in [4.69, 9.17) is 0 Å². The van der Waals surface area contributed by atoms with Crippen molar-refractivity contribution in [1.29, 1.82) is 0 Å². The number of aliphatic hydroxyl groups is 2. The van der Waals surface area contributed by atoms with Crippen molar-refractivity contribution in [2.24, 2.45) is 0 Å². The van der Waals surface area contributed by atoms with Crippen LogP contribution in [-0.4, -0.2) is 26.7 Å². The minimum Gasteiger partial charge on any atom is -0.387 e. The molecule has 0 amide bonds. The number of rotatable bonds is 1. The van der Waals surface area contributed by atoms with Gasteiger partial charge in [0.1, 0.15) is 5.60 Å². The minimum absolute atomic E-state index is 0.277. The minimum atomic E-state index is -1.10. The van der Waals surface area contributed by atoms with Crippen LogP contribution in [0.25, 0.3) is 0 Å². The second-order valence-electron chi connectivity index (χ2n) is 4.44. The standard InChI is InChI=1S/C10H18O2S/c1-7-4-5-10(12,8(13)6-7)9(2,3)11/h6,8,11-13H,4-5H2,1-3H3. The van der Waals surface area contributed by atoms with Gasteiger partial charge in [0, 0.05) is 0 Å². The molecule has 0 aliphatic heterocycles. The van der Waals surface area contributed by atoms with Crippen molar-refractivity contribution in [3.8, 4) is 0 Å². The molecule has 2 nitrogen and oxygen atoms in total. The number of thiol groups is 1. The molecular weight excluding hydrogens is 184 g/mol. The summed E-state index contributed by atoms with van der Waals surface area (Å²) < 4.78 is 0. The summed E-state index contributed by atoms with van der Waals surface area (Å²) in [4.78, 5) is 0. The van der Waals surface area contributed by atoms with Crippen LogP contribution in [0.3, 0.4) is 0 Å². The predicted molar refractivity (Wildman–Crippen MR) is 57.0 cm³/mol. The summed E-state index contributed by atoms with van der Waals surface area (Å²) >= 11 is 4.31. The van der Waals surface area contributed by atoms with E-state index >= 15 is 0 Å². The van der Waals surface area contributed by atoms with Gasteiger partial charge in [-0.25, -0.2) is 0 Å². The Bertz CT molecular complexity index is 230. The zero-order chi connectivity index (χ0) is 10.3. The van der Waals surface area contributed by atoms with Crippen molar-refractivity contribution in [3.63, 3.8) is 0 Å². The van der Waals surface area contributed by atoms with Gasteiger partial charge in [-0.15, -0.1) is 0 Å². The Hall–Kier alpha value is 0.01000. The molecule has 0 spiro atoms. The van der Waals surface area contributed by atoms with Crippen molar-refractivity contribution < 1.29 is 10.2 Å². The Labute approximate surface area is 85.1 Å². The van der Waals surface area contributed by atoms with Gasteiger partial charge in [0.2, 0.25) is 0 Å². The average molecular weight is 202 g/mol. The highest BCUT2D eigenvalue weighted by molar-refractivity contribution is 7.81. The van der Waals surface area contributed by atoms with Crippen molar-refractivity contribution in [3.05, 3.63) is 11.6 Å². The normalized spacial score (nSPS) is 35.8. The molecule has 0 saturated carbocycles. The van der Waals surface area contributed by atoms with Crippen LogP contribution >= 0.6 is 12.6 Å². The van der Waals surface area contributed by atoms with Gasteiger partial charge in [-0.3, -0.25) is 0 Å². The first-order valence-corrected chi connectivity index (χ1v) is 5.09. The third-order valence-corrected chi connectivity index (χ3v) is 3.47. The summed E-state index contributed by atoms with van der Waals surface area (Å²) in [6.45, 7) is 5.28. The quantitative estimate of drug-likeness (QED) is 0.446. The Balaban J connectivity index is 2.95. The summed E-state index contributed by atoms with van der Waals surface area (Å²) in [5.74, 6) is 0. The lowest BCUT2D eigenvalue weighted by Crippen LogP contribution is -2.57. The fraction of sp³-hybridized carbons (Fsp3) is 0.800. The first kappa shape index (κ1) is 11.1. The summed E-state index contributed by atoms with van der Waals surface area (Å²) in [7, 11) is 0. The van der Waals surface area contributed by atoms with Gasteiger partial charge in [0.15, 0.2) is 0 Å². The van der Waals surface area contributed by atoms with E-state index in [-0.39, 0.29) is 5.25 Å². The van der Waals surface area contributed by atoms with Crippen LogP contribution in [0.1, 0.15) is 33.6 Å². The molecule has 1 rings (SSSR count). The van der Waals surface area contributed by atoms with Crippen molar-refractivity contribution in [1.82, 2.24) is 0 Å². The average Bonchev–Trinajstić information content (AvgIpc) is 1.95. The molecule has 2 unspecified atom stereocenters. The van der Waals surface area contributed by atoms with E-state index in [0.29, 0.717) is 6.42 Å². The predicted octanol–water partition coefficient (Wildman–Crippen LogP) is 1.53. The fourth-order valence-electron chi connectivity index (χ4n) is 1.69. The monoisotopic (exact) mass is 202 g/mol. The molecular formula is C10H18O2S. The van der Waals surface area contributed by atoms with Crippen molar-refractivity contribution in [2.75, 3.05) is 0 Å². The van der Waals surface area contributed by atoms with Gasteiger partial charge in [-0.2, -0.15) is 12.6 Å². The maximum Gasteiger partial charge on any atom is 0.108 e. The van der Waals surface area contributed by atoms with Crippen molar-refractivity contribution >= 4 is 12.6 Å². The molecule has 0 fully saturated rings. The number of allylic oxidation sites excluding steroid dienone is 1. The van der Waals surface area contributed by atoms with Gasteiger partial charge < -0.3 is 10.2 Å². The Morgan fingerprint density at radius 3 is 2.54 bits per heavy atom. The largest absolute Gasteiger partial charge is 0.387 e. The van der Waals surface area contributed by atoms with Gasteiger partial charge in [0.05, 0.1) is 10.9 Å². The van der Waals surface area contributed by atoms with Gasteiger partial charge in [-0.1, -0.05) is 11.6 Å². The molecule has 2 N–H and O–H groups in total. The molecule has 0 bridgehead atoms. The highest BCUT2D eigenvalue weighted by Gasteiger charge is 2.47. The molecule has 2 atom stereocenters. The van der Waals surface area contributed by atoms with Gasteiger partial charge in [0.25, 0.3) is 0 Å².